The van der Waals surface area contributed by atoms with Crippen molar-refractivity contribution >= 4 is 23.3 Å². The second kappa shape index (κ2) is 8.81. The van der Waals surface area contributed by atoms with Gasteiger partial charge in [-0.15, -0.1) is 0 Å². The van der Waals surface area contributed by atoms with E-state index in [4.69, 9.17) is 0 Å². The van der Waals surface area contributed by atoms with Gasteiger partial charge >= 0.3 is 6.03 Å². The number of nitrogens with one attached hydrogen (secondary N) is 1. The summed E-state index contributed by atoms with van der Waals surface area (Å²) in [6, 6.07) is 10.1. The fraction of sp³-hybridized carbons (Fsp3) is 0.391. The molecule has 0 unspecified atom stereocenters. The van der Waals surface area contributed by atoms with Gasteiger partial charge in [-0.25, -0.2) is 13.6 Å². The van der Waals surface area contributed by atoms with Crippen LogP contribution in [-0.4, -0.2) is 29.9 Å². The number of carbonyl (C=O) groups excluding carboxylic acids is 2. The Balaban J connectivity index is 1.80. The highest BCUT2D eigenvalue weighted by Crippen LogP contribution is 2.30. The summed E-state index contributed by atoms with van der Waals surface area (Å²) < 4.78 is 27.6. The molecule has 2 aromatic carbocycles. The topological polar surface area (TPSA) is 52.7 Å². The summed E-state index contributed by atoms with van der Waals surface area (Å²) in [5, 5.41) is 2.91. The maximum absolute atomic E-state index is 14.0. The Morgan fingerprint density at radius 3 is 2.57 bits per heavy atom. The minimum atomic E-state index is -0.545. The lowest BCUT2D eigenvalue weighted by Crippen LogP contribution is -2.49. The van der Waals surface area contributed by atoms with Gasteiger partial charge in [-0.3, -0.25) is 9.69 Å². The highest BCUT2D eigenvalue weighted by Gasteiger charge is 2.29. The van der Waals surface area contributed by atoms with Crippen molar-refractivity contribution in [2.45, 2.75) is 40.2 Å². The van der Waals surface area contributed by atoms with Crippen molar-refractivity contribution in [2.75, 3.05) is 23.3 Å². The molecule has 0 saturated carbocycles. The molecule has 0 bridgehead atoms. The van der Waals surface area contributed by atoms with E-state index >= 15 is 0 Å². The third-order valence-corrected chi connectivity index (χ3v) is 4.84. The van der Waals surface area contributed by atoms with Crippen LogP contribution < -0.4 is 10.2 Å². The highest BCUT2D eigenvalue weighted by molar-refractivity contribution is 6.00. The van der Waals surface area contributed by atoms with Crippen LogP contribution in [0.4, 0.5) is 25.0 Å². The van der Waals surface area contributed by atoms with Crippen LogP contribution in [0, 0.1) is 17.0 Å². The van der Waals surface area contributed by atoms with Gasteiger partial charge in [0.2, 0.25) is 5.91 Å². The number of amides is 3. The van der Waals surface area contributed by atoms with E-state index in [1.807, 2.05) is 20.8 Å². The predicted octanol–water partition coefficient (Wildman–Crippen LogP) is 5.17. The molecule has 3 amide bonds. The first-order valence-electron chi connectivity index (χ1n) is 10.0. The molecule has 1 aliphatic rings. The van der Waals surface area contributed by atoms with Crippen molar-refractivity contribution in [2.24, 2.45) is 5.41 Å². The molecule has 5 nitrogen and oxygen atoms in total. The molecule has 1 N–H and O–H groups in total. The van der Waals surface area contributed by atoms with Gasteiger partial charge in [-0.2, -0.15) is 0 Å². The molecular weight excluding hydrogens is 388 g/mol. The van der Waals surface area contributed by atoms with E-state index in [0.29, 0.717) is 37.3 Å². The summed E-state index contributed by atoms with van der Waals surface area (Å²) in [4.78, 5) is 28.6. The molecule has 2 aromatic rings. The maximum atomic E-state index is 14.0. The van der Waals surface area contributed by atoms with Gasteiger partial charge in [0, 0.05) is 25.1 Å². The van der Waals surface area contributed by atoms with E-state index in [1.165, 1.54) is 4.90 Å². The number of rotatable bonds is 5. The Bertz CT molecular complexity index is 940. The Morgan fingerprint density at radius 2 is 1.83 bits per heavy atom. The first-order chi connectivity index (χ1) is 14.1. The zero-order valence-corrected chi connectivity index (χ0v) is 17.5. The summed E-state index contributed by atoms with van der Waals surface area (Å²) >= 11 is 0. The van der Waals surface area contributed by atoms with Crippen molar-refractivity contribution < 1.29 is 18.4 Å². The van der Waals surface area contributed by atoms with E-state index in [1.54, 1.807) is 29.2 Å². The van der Waals surface area contributed by atoms with Gasteiger partial charge in [-0.1, -0.05) is 32.9 Å². The number of halogens is 2. The van der Waals surface area contributed by atoms with Crippen LogP contribution in [-0.2, 0) is 11.3 Å². The summed E-state index contributed by atoms with van der Waals surface area (Å²) in [7, 11) is 0. The molecule has 0 atom stereocenters. The second-order valence-corrected chi connectivity index (χ2v) is 8.75. The molecule has 160 valence electrons. The van der Waals surface area contributed by atoms with Crippen LogP contribution in [0.2, 0.25) is 0 Å². The zero-order chi connectivity index (χ0) is 21.9. The molecule has 7 heteroatoms. The minimum absolute atomic E-state index is 0.0164. The Morgan fingerprint density at radius 1 is 1.10 bits per heavy atom. The third-order valence-electron chi connectivity index (χ3n) is 4.84. The van der Waals surface area contributed by atoms with Crippen molar-refractivity contribution in [1.29, 1.82) is 0 Å². The minimum Gasteiger partial charge on any atom is -0.324 e. The average Bonchev–Trinajstić information content (AvgIpc) is 2.65. The Hall–Kier alpha value is -2.96. The van der Waals surface area contributed by atoms with Crippen molar-refractivity contribution in [3.05, 3.63) is 59.7 Å². The number of hydrogen-bond donors (Lipinski definition) is 1. The van der Waals surface area contributed by atoms with Crippen LogP contribution >= 0.6 is 0 Å². The first-order valence-corrected chi connectivity index (χ1v) is 10.0. The van der Waals surface area contributed by atoms with E-state index in [0.717, 1.165) is 18.2 Å². The summed E-state index contributed by atoms with van der Waals surface area (Å²) in [5.41, 5.74) is 1.12. The summed E-state index contributed by atoms with van der Waals surface area (Å²) in [5.74, 6) is -1.21. The highest BCUT2D eigenvalue weighted by atomic mass is 19.1. The molecule has 30 heavy (non-hydrogen) atoms. The lowest BCUT2D eigenvalue weighted by molar-refractivity contribution is -0.117. The van der Waals surface area contributed by atoms with Crippen LogP contribution in [0.25, 0.3) is 0 Å². The first kappa shape index (κ1) is 21.7. The SMILES string of the molecule is CC(C)(C)CC(=O)Nc1ccccc1N1CCCN(Cc2cc(F)ccc2F)C1=O. The summed E-state index contributed by atoms with van der Waals surface area (Å²) in [6.07, 6.45) is 1.02. The van der Waals surface area contributed by atoms with Gasteiger partial charge in [-0.05, 0) is 42.2 Å². The molecule has 1 saturated heterocycles. The fourth-order valence-corrected chi connectivity index (χ4v) is 3.51. The molecule has 0 radical (unpaired) electrons. The van der Waals surface area contributed by atoms with E-state index < -0.39 is 11.6 Å². The van der Waals surface area contributed by atoms with Gasteiger partial charge in [0.05, 0.1) is 17.9 Å². The van der Waals surface area contributed by atoms with Crippen LogP contribution in [0.1, 0.15) is 39.2 Å². The predicted molar refractivity (Wildman–Crippen MR) is 113 cm³/mol. The average molecular weight is 415 g/mol. The second-order valence-electron chi connectivity index (χ2n) is 8.75. The standard InChI is InChI=1S/C23H27F2N3O2/c1-23(2,3)14-21(29)26-19-7-4-5-8-20(19)28-12-6-11-27(22(28)30)15-16-13-17(24)9-10-18(16)25/h4-5,7-10,13H,6,11-12,14-15H2,1-3H3,(H,26,29). The Labute approximate surface area is 175 Å². The lowest BCUT2D eigenvalue weighted by Gasteiger charge is -2.36. The van der Waals surface area contributed by atoms with Gasteiger partial charge in [0.1, 0.15) is 11.6 Å². The van der Waals surface area contributed by atoms with Gasteiger partial charge in [0.25, 0.3) is 0 Å². The van der Waals surface area contributed by atoms with E-state index in [-0.39, 0.29) is 29.5 Å². The van der Waals surface area contributed by atoms with Crippen LogP contribution in [0.15, 0.2) is 42.5 Å². The maximum Gasteiger partial charge on any atom is 0.324 e. The van der Waals surface area contributed by atoms with Crippen LogP contribution in [0.3, 0.4) is 0 Å². The molecule has 1 aliphatic heterocycles. The number of benzene rings is 2. The van der Waals surface area contributed by atoms with Crippen molar-refractivity contribution in [3.63, 3.8) is 0 Å². The molecule has 3 rings (SSSR count). The molecule has 1 heterocycles. The number of para-hydroxylation sites is 2. The number of urea groups is 1. The third kappa shape index (κ3) is 5.34. The van der Waals surface area contributed by atoms with E-state index in [2.05, 4.69) is 5.32 Å². The Kier molecular flexibility index (Phi) is 6.39. The van der Waals surface area contributed by atoms with Crippen molar-refractivity contribution in [3.8, 4) is 0 Å². The molecule has 0 spiro atoms. The van der Waals surface area contributed by atoms with Crippen LogP contribution in [0.5, 0.6) is 0 Å². The van der Waals surface area contributed by atoms with Gasteiger partial charge < -0.3 is 10.2 Å². The quantitative estimate of drug-likeness (QED) is 0.732. The molecule has 1 fully saturated rings. The smallest absolute Gasteiger partial charge is 0.324 e. The number of carbonyl (C=O) groups is 2. The van der Waals surface area contributed by atoms with E-state index in [9.17, 15) is 18.4 Å². The lowest BCUT2D eigenvalue weighted by atomic mass is 9.92. The normalized spacial score (nSPS) is 14.8. The monoisotopic (exact) mass is 415 g/mol. The molecule has 0 aromatic heterocycles. The summed E-state index contributed by atoms with van der Waals surface area (Å²) in [6.45, 7) is 6.86. The largest absolute Gasteiger partial charge is 0.324 e. The van der Waals surface area contributed by atoms with Crippen molar-refractivity contribution in [1.82, 2.24) is 4.90 Å². The number of hydrogen-bond acceptors (Lipinski definition) is 2. The number of nitrogens with zero attached hydrogens (tertiary/aromatic N) is 2. The fourth-order valence-electron chi connectivity index (χ4n) is 3.51. The van der Waals surface area contributed by atoms with Gasteiger partial charge in [0.15, 0.2) is 0 Å². The molecule has 0 aliphatic carbocycles. The zero-order valence-electron chi connectivity index (χ0n) is 17.5. The number of anilines is 2. The molecular formula is C23H27F2N3O2.